The third-order valence-electron chi connectivity index (χ3n) is 0.613. The van der Waals surface area contributed by atoms with E-state index in [2.05, 4.69) is 0 Å². The van der Waals surface area contributed by atoms with Crippen molar-refractivity contribution in [3.05, 3.63) is 0 Å². The van der Waals surface area contributed by atoms with Crippen molar-refractivity contribution in [2.24, 2.45) is 5.73 Å². The summed E-state index contributed by atoms with van der Waals surface area (Å²) in [5, 5.41) is 7.90. The van der Waals surface area contributed by atoms with Crippen molar-refractivity contribution in [1.82, 2.24) is 5.48 Å². The fourth-order valence-electron chi connectivity index (χ4n) is 0.153. The molecule has 0 radical (unpaired) electrons. The first-order valence-electron chi connectivity index (χ1n) is 1.98. The van der Waals surface area contributed by atoms with E-state index in [0.29, 0.717) is 0 Å². The van der Waals surface area contributed by atoms with Crippen LogP contribution < -0.4 is 11.2 Å². The fourth-order valence-corrected chi connectivity index (χ4v) is 0.293. The van der Waals surface area contributed by atoms with Crippen molar-refractivity contribution >= 4 is 17.5 Å². The summed E-state index contributed by atoms with van der Waals surface area (Å²) in [6, 6.07) is -0.818. The normalized spacial score (nSPS) is 12.9. The van der Waals surface area contributed by atoms with Crippen LogP contribution in [0.15, 0.2) is 0 Å². The summed E-state index contributed by atoms with van der Waals surface area (Å²) < 4.78 is 0. The summed E-state index contributed by atoms with van der Waals surface area (Å²) in [7, 11) is 0. The minimum Gasteiger partial charge on any atom is -0.319 e. The topological polar surface area (TPSA) is 75.4 Å². The van der Waals surface area contributed by atoms with Gasteiger partial charge in [0, 0.05) is 5.88 Å². The molecule has 1 amide bonds. The van der Waals surface area contributed by atoms with Crippen LogP contribution in [0.2, 0.25) is 0 Å². The highest BCUT2D eigenvalue weighted by Gasteiger charge is 2.08. The molecule has 5 heteroatoms. The maximum atomic E-state index is 10.2. The van der Waals surface area contributed by atoms with E-state index in [1.807, 2.05) is 0 Å². The number of hydrogen-bond acceptors (Lipinski definition) is 3. The molecule has 0 saturated heterocycles. The van der Waals surface area contributed by atoms with Crippen LogP contribution in [0.5, 0.6) is 0 Å². The van der Waals surface area contributed by atoms with E-state index < -0.39 is 11.9 Å². The van der Waals surface area contributed by atoms with E-state index in [1.54, 1.807) is 0 Å². The Kier molecular flexibility index (Phi) is 3.51. The van der Waals surface area contributed by atoms with Crippen molar-refractivity contribution < 1.29 is 10.0 Å². The van der Waals surface area contributed by atoms with Gasteiger partial charge in [0.15, 0.2) is 0 Å². The lowest BCUT2D eigenvalue weighted by atomic mass is 10.3. The van der Waals surface area contributed by atoms with E-state index in [0.717, 1.165) is 0 Å². The second-order valence-electron chi connectivity index (χ2n) is 1.24. The van der Waals surface area contributed by atoms with E-state index in [-0.39, 0.29) is 5.88 Å². The first-order chi connectivity index (χ1) is 3.72. The van der Waals surface area contributed by atoms with E-state index in [4.69, 9.17) is 22.5 Å². The first kappa shape index (κ1) is 7.68. The van der Waals surface area contributed by atoms with Crippen LogP contribution >= 0.6 is 11.6 Å². The minimum absolute atomic E-state index is 0.00634. The number of hydroxylamine groups is 1. The average Bonchev–Trinajstić information content (AvgIpc) is 1.84. The Bertz CT molecular complexity index is 87.4. The van der Waals surface area contributed by atoms with Gasteiger partial charge in [-0.2, -0.15) is 0 Å². The Morgan fingerprint density at radius 3 is 2.62 bits per heavy atom. The van der Waals surface area contributed by atoms with Gasteiger partial charge in [0.2, 0.25) is 0 Å². The summed E-state index contributed by atoms with van der Waals surface area (Å²) in [6.07, 6.45) is 0. The molecule has 0 saturated carbocycles. The molecule has 0 fully saturated rings. The molecule has 0 rings (SSSR count). The molecule has 4 N–H and O–H groups in total. The highest BCUT2D eigenvalue weighted by Crippen LogP contribution is 1.81. The second-order valence-corrected chi connectivity index (χ2v) is 1.55. The zero-order chi connectivity index (χ0) is 6.57. The molecule has 0 aliphatic heterocycles. The number of alkyl halides is 1. The van der Waals surface area contributed by atoms with Crippen molar-refractivity contribution in [1.29, 1.82) is 0 Å². The minimum atomic E-state index is -0.818. The number of amides is 1. The lowest BCUT2D eigenvalue weighted by Gasteiger charge is -2.01. The molecule has 0 aliphatic carbocycles. The molecule has 0 unspecified atom stereocenters. The van der Waals surface area contributed by atoms with Crippen LogP contribution in [-0.2, 0) is 4.79 Å². The summed E-state index contributed by atoms with van der Waals surface area (Å²) in [5.74, 6) is -0.660. The van der Waals surface area contributed by atoms with E-state index in [9.17, 15) is 4.79 Å². The van der Waals surface area contributed by atoms with Crippen LogP contribution in [0, 0.1) is 0 Å². The monoisotopic (exact) mass is 138 g/mol. The summed E-state index contributed by atoms with van der Waals surface area (Å²) >= 11 is 5.13. The lowest BCUT2D eigenvalue weighted by molar-refractivity contribution is -0.130. The molecule has 8 heavy (non-hydrogen) atoms. The number of halogens is 1. The molecule has 1 atom stereocenters. The van der Waals surface area contributed by atoms with Gasteiger partial charge in [-0.1, -0.05) is 0 Å². The molecular weight excluding hydrogens is 131 g/mol. The van der Waals surface area contributed by atoms with E-state index >= 15 is 0 Å². The average molecular weight is 139 g/mol. The van der Waals surface area contributed by atoms with Gasteiger partial charge in [-0.05, 0) is 0 Å². The fraction of sp³-hybridized carbons (Fsp3) is 0.667. The molecular formula is C3H7ClN2O2. The Balaban J connectivity index is 3.46. The molecule has 0 aromatic rings. The molecule has 0 aromatic heterocycles. The molecule has 0 spiro atoms. The Labute approximate surface area is 51.6 Å². The van der Waals surface area contributed by atoms with Crippen molar-refractivity contribution in [2.75, 3.05) is 5.88 Å². The predicted molar refractivity (Wildman–Crippen MR) is 28.6 cm³/mol. The molecule has 0 heterocycles. The van der Waals surface area contributed by atoms with Gasteiger partial charge in [-0.3, -0.25) is 10.0 Å². The van der Waals surface area contributed by atoms with Crippen LogP contribution in [0.3, 0.4) is 0 Å². The lowest BCUT2D eigenvalue weighted by Crippen LogP contribution is -2.40. The number of hydrogen-bond donors (Lipinski definition) is 3. The van der Waals surface area contributed by atoms with Crippen LogP contribution in [-0.4, -0.2) is 23.0 Å². The molecule has 0 bridgehead atoms. The third-order valence-corrected chi connectivity index (χ3v) is 0.946. The predicted octanol–water partition coefficient (Wildman–Crippen LogP) is -0.942. The molecule has 48 valence electrons. The van der Waals surface area contributed by atoms with Gasteiger partial charge in [0.25, 0.3) is 5.91 Å². The number of nitrogens with one attached hydrogen (secondary N) is 1. The van der Waals surface area contributed by atoms with Gasteiger partial charge in [-0.15, -0.1) is 11.6 Å². The van der Waals surface area contributed by atoms with Gasteiger partial charge < -0.3 is 5.73 Å². The summed E-state index contributed by atoms with van der Waals surface area (Å²) in [4.78, 5) is 10.2. The smallest absolute Gasteiger partial charge is 0.261 e. The number of carbonyl (C=O) groups is 1. The van der Waals surface area contributed by atoms with Crippen LogP contribution in [0.25, 0.3) is 0 Å². The molecule has 0 aromatic carbocycles. The number of carbonyl (C=O) groups excluding carboxylic acids is 1. The highest BCUT2D eigenvalue weighted by atomic mass is 35.5. The maximum Gasteiger partial charge on any atom is 0.261 e. The SMILES string of the molecule is N[C@H](CCl)C(=O)NO. The van der Waals surface area contributed by atoms with Crippen LogP contribution in [0.4, 0.5) is 0 Å². The number of nitrogens with two attached hydrogens (primary N) is 1. The van der Waals surface area contributed by atoms with Gasteiger partial charge in [0.05, 0.1) is 6.04 Å². The van der Waals surface area contributed by atoms with Gasteiger partial charge in [0.1, 0.15) is 0 Å². The summed E-state index contributed by atoms with van der Waals surface area (Å²) in [6.45, 7) is 0. The Morgan fingerprint density at radius 2 is 2.50 bits per heavy atom. The van der Waals surface area contributed by atoms with Gasteiger partial charge in [-0.25, -0.2) is 5.48 Å². The Morgan fingerprint density at radius 1 is 2.00 bits per heavy atom. The largest absolute Gasteiger partial charge is 0.319 e. The zero-order valence-electron chi connectivity index (χ0n) is 4.10. The molecule has 0 aliphatic rings. The Hall–Kier alpha value is -0.320. The maximum absolute atomic E-state index is 10.2. The highest BCUT2D eigenvalue weighted by molar-refractivity contribution is 6.19. The van der Waals surface area contributed by atoms with Crippen LogP contribution in [0.1, 0.15) is 0 Å². The van der Waals surface area contributed by atoms with E-state index in [1.165, 1.54) is 5.48 Å². The first-order valence-corrected chi connectivity index (χ1v) is 2.51. The third kappa shape index (κ3) is 2.11. The van der Waals surface area contributed by atoms with Crippen molar-refractivity contribution in [3.63, 3.8) is 0 Å². The number of rotatable bonds is 2. The summed E-state index contributed by atoms with van der Waals surface area (Å²) in [5.41, 5.74) is 6.39. The zero-order valence-corrected chi connectivity index (χ0v) is 4.85. The second kappa shape index (κ2) is 3.65. The molecule has 4 nitrogen and oxygen atoms in total. The standard InChI is InChI=1S/C3H7ClN2O2/c4-1-2(5)3(7)6-8/h2,8H,1,5H2,(H,6,7)/t2-/m1/s1. The van der Waals surface area contributed by atoms with Crippen molar-refractivity contribution in [3.8, 4) is 0 Å². The quantitative estimate of drug-likeness (QED) is 0.262. The van der Waals surface area contributed by atoms with Crippen molar-refractivity contribution in [2.45, 2.75) is 6.04 Å². The van der Waals surface area contributed by atoms with Gasteiger partial charge >= 0.3 is 0 Å².